The van der Waals surface area contributed by atoms with E-state index >= 15 is 0 Å². The predicted molar refractivity (Wildman–Crippen MR) is 48.9 cm³/mol. The van der Waals surface area contributed by atoms with Gasteiger partial charge >= 0.3 is 35.5 Å². The molecule has 0 aromatic carbocycles. The first-order chi connectivity index (χ1) is 5.24. The summed E-state index contributed by atoms with van der Waals surface area (Å²) in [6.45, 7) is 0. The molecule has 1 aromatic heterocycles. The average Bonchev–Trinajstić information content (AvgIpc) is 2.37. The molecule has 1 aromatic rings. The van der Waals surface area contributed by atoms with E-state index in [1.54, 1.807) is 11.4 Å². The van der Waals surface area contributed by atoms with Gasteiger partial charge in [0, 0.05) is 0 Å². The summed E-state index contributed by atoms with van der Waals surface area (Å²) in [6, 6.07) is 1.56. The summed E-state index contributed by atoms with van der Waals surface area (Å²) in [6.07, 6.45) is 0.153. The molecule has 0 aliphatic carbocycles. The van der Waals surface area contributed by atoms with E-state index in [-0.39, 0.29) is 47.7 Å². The quantitative estimate of drug-likeness (QED) is 0.554. The molecular formula is C7H9NaO3S. The maximum absolute atomic E-state index is 10.7. The Hall–Kier alpha value is -0.0300. The van der Waals surface area contributed by atoms with Crippen LogP contribution in [0.4, 0.5) is 0 Å². The van der Waals surface area contributed by atoms with Crippen LogP contribution in [0.5, 0.6) is 5.75 Å². The topological polar surface area (TPSA) is 46.5 Å². The van der Waals surface area contributed by atoms with Gasteiger partial charge in [0.15, 0.2) is 0 Å². The molecule has 62 valence electrons. The monoisotopic (exact) mass is 196 g/mol. The zero-order valence-corrected chi connectivity index (χ0v) is 6.85. The summed E-state index contributed by atoms with van der Waals surface area (Å²) in [5, 5.41) is 10.8. The first-order valence-electron chi connectivity index (χ1n) is 3.06. The van der Waals surface area contributed by atoms with Gasteiger partial charge in [0.1, 0.15) is 5.75 Å². The first kappa shape index (κ1) is 12.0. The minimum atomic E-state index is -0.331. The number of esters is 1. The van der Waals surface area contributed by atoms with Crippen molar-refractivity contribution in [3.8, 4) is 5.75 Å². The summed E-state index contributed by atoms with van der Waals surface area (Å²) < 4.78 is 4.44. The molecule has 1 rings (SSSR count). The van der Waals surface area contributed by atoms with E-state index in [4.69, 9.17) is 5.11 Å². The van der Waals surface area contributed by atoms with Crippen molar-refractivity contribution in [2.24, 2.45) is 0 Å². The van der Waals surface area contributed by atoms with Crippen LogP contribution in [0.1, 0.15) is 4.88 Å². The van der Waals surface area contributed by atoms with Gasteiger partial charge in [-0.15, -0.1) is 11.3 Å². The van der Waals surface area contributed by atoms with Gasteiger partial charge in [-0.1, -0.05) is 0 Å². The van der Waals surface area contributed by atoms with Crippen molar-refractivity contribution < 1.29 is 14.6 Å². The van der Waals surface area contributed by atoms with Crippen LogP contribution in [-0.2, 0) is 16.0 Å². The van der Waals surface area contributed by atoms with Gasteiger partial charge in [0.05, 0.1) is 18.4 Å². The number of carbonyl (C=O) groups excluding carboxylic acids is 1. The van der Waals surface area contributed by atoms with E-state index in [0.29, 0.717) is 4.88 Å². The molecule has 1 heterocycles. The van der Waals surface area contributed by atoms with Crippen molar-refractivity contribution in [3.05, 3.63) is 16.3 Å². The van der Waals surface area contributed by atoms with E-state index in [0.717, 1.165) is 0 Å². The van der Waals surface area contributed by atoms with E-state index in [9.17, 15) is 4.79 Å². The number of carbonyl (C=O) groups is 1. The molecular weight excluding hydrogens is 187 g/mol. The van der Waals surface area contributed by atoms with Gasteiger partial charge < -0.3 is 9.84 Å². The SMILES string of the molecule is COC(=O)Cc1sccc1O.[NaH]. The number of methoxy groups -OCH3 is 1. The van der Waals surface area contributed by atoms with Crippen molar-refractivity contribution >= 4 is 46.9 Å². The summed E-state index contributed by atoms with van der Waals surface area (Å²) >= 11 is 1.34. The van der Waals surface area contributed by atoms with Gasteiger partial charge in [-0.05, 0) is 11.4 Å². The fourth-order valence-corrected chi connectivity index (χ4v) is 1.42. The summed E-state index contributed by atoms with van der Waals surface area (Å²) in [5.41, 5.74) is 0. The molecule has 0 saturated heterocycles. The molecule has 0 aliphatic heterocycles. The molecule has 0 aliphatic rings. The Kier molecular flexibility index (Phi) is 5.57. The average molecular weight is 196 g/mol. The van der Waals surface area contributed by atoms with Gasteiger partial charge in [-0.25, -0.2) is 0 Å². The second-order valence-corrected chi connectivity index (χ2v) is 2.98. The molecule has 0 spiro atoms. The Balaban J connectivity index is 0.00000121. The van der Waals surface area contributed by atoms with Crippen molar-refractivity contribution in [2.75, 3.05) is 7.11 Å². The summed E-state index contributed by atoms with van der Waals surface area (Å²) in [5.74, 6) is -0.164. The molecule has 3 nitrogen and oxygen atoms in total. The third-order valence-electron chi connectivity index (χ3n) is 1.25. The van der Waals surface area contributed by atoms with E-state index in [1.165, 1.54) is 18.4 Å². The molecule has 12 heavy (non-hydrogen) atoms. The second-order valence-electron chi connectivity index (χ2n) is 1.98. The van der Waals surface area contributed by atoms with Crippen molar-refractivity contribution in [1.29, 1.82) is 0 Å². The van der Waals surface area contributed by atoms with Crippen LogP contribution in [0.15, 0.2) is 11.4 Å². The Bertz CT molecular complexity index is 259. The molecule has 5 heteroatoms. The summed E-state index contributed by atoms with van der Waals surface area (Å²) in [7, 11) is 1.33. The molecule has 0 saturated carbocycles. The predicted octanol–water partition coefficient (Wildman–Crippen LogP) is 0.521. The maximum atomic E-state index is 10.7. The number of thiophene rings is 1. The van der Waals surface area contributed by atoms with Crippen LogP contribution in [0.2, 0.25) is 0 Å². The van der Waals surface area contributed by atoms with Crippen LogP contribution in [0, 0.1) is 0 Å². The van der Waals surface area contributed by atoms with Crippen molar-refractivity contribution in [1.82, 2.24) is 0 Å². The van der Waals surface area contributed by atoms with Crippen LogP contribution >= 0.6 is 11.3 Å². The Labute approximate surface area is 96.6 Å². The number of ether oxygens (including phenoxy) is 1. The Morgan fingerprint density at radius 3 is 2.83 bits per heavy atom. The summed E-state index contributed by atoms with van der Waals surface area (Å²) in [4.78, 5) is 11.4. The van der Waals surface area contributed by atoms with Gasteiger partial charge in [0.25, 0.3) is 0 Å². The number of hydrogen-bond acceptors (Lipinski definition) is 4. The second kappa shape index (κ2) is 5.59. The standard InChI is InChI=1S/C7H8O3S.Na.H/c1-10-7(9)4-6-5(8)2-3-11-6;;/h2-3,8H,4H2,1H3;;. The Morgan fingerprint density at radius 2 is 2.42 bits per heavy atom. The number of hydrogen-bond donors (Lipinski definition) is 1. The number of aromatic hydroxyl groups is 1. The van der Waals surface area contributed by atoms with Gasteiger partial charge in [0.2, 0.25) is 0 Å². The third-order valence-corrected chi connectivity index (χ3v) is 2.16. The fourth-order valence-electron chi connectivity index (χ4n) is 0.669. The van der Waals surface area contributed by atoms with E-state index < -0.39 is 0 Å². The number of rotatable bonds is 2. The van der Waals surface area contributed by atoms with E-state index in [1.807, 2.05) is 0 Å². The zero-order valence-electron chi connectivity index (χ0n) is 6.03. The molecule has 0 amide bonds. The normalized spacial score (nSPS) is 8.75. The molecule has 0 atom stereocenters. The fraction of sp³-hybridized carbons (Fsp3) is 0.286. The minimum absolute atomic E-state index is 0. The van der Waals surface area contributed by atoms with Crippen molar-refractivity contribution in [2.45, 2.75) is 6.42 Å². The first-order valence-corrected chi connectivity index (χ1v) is 3.94. The molecule has 0 bridgehead atoms. The van der Waals surface area contributed by atoms with Gasteiger partial charge in [-0.2, -0.15) is 0 Å². The van der Waals surface area contributed by atoms with Crippen LogP contribution in [-0.4, -0.2) is 47.7 Å². The van der Waals surface area contributed by atoms with Crippen LogP contribution in [0.3, 0.4) is 0 Å². The molecule has 1 N–H and O–H groups in total. The molecule has 0 unspecified atom stereocenters. The Morgan fingerprint density at radius 1 is 1.75 bits per heavy atom. The zero-order chi connectivity index (χ0) is 8.27. The van der Waals surface area contributed by atoms with E-state index in [2.05, 4.69) is 4.74 Å². The molecule has 0 radical (unpaired) electrons. The van der Waals surface area contributed by atoms with Gasteiger partial charge in [-0.3, -0.25) is 4.79 Å². The van der Waals surface area contributed by atoms with Crippen LogP contribution < -0.4 is 0 Å². The van der Waals surface area contributed by atoms with Crippen molar-refractivity contribution in [3.63, 3.8) is 0 Å². The molecule has 0 fully saturated rings. The third kappa shape index (κ3) is 3.15. The van der Waals surface area contributed by atoms with Crippen LogP contribution in [0.25, 0.3) is 0 Å².